The third-order valence-corrected chi connectivity index (χ3v) is 2.37. The summed E-state index contributed by atoms with van der Waals surface area (Å²) in [4.78, 5) is 0. The van der Waals surface area contributed by atoms with Crippen LogP contribution in [-0.2, 0) is 0 Å². The van der Waals surface area contributed by atoms with Crippen LogP contribution in [0.2, 0.25) is 0 Å². The molecule has 0 saturated heterocycles. The highest BCUT2D eigenvalue weighted by Crippen LogP contribution is 2.35. The average molecular weight is 201 g/mol. The first-order chi connectivity index (χ1) is 7.42. The van der Waals surface area contributed by atoms with Gasteiger partial charge in [0.15, 0.2) is 0 Å². The van der Waals surface area contributed by atoms with Gasteiger partial charge in [-0.05, 0) is 12.5 Å². The zero-order valence-electron chi connectivity index (χ0n) is 8.90. The molecule has 0 spiro atoms. The lowest BCUT2D eigenvalue weighted by Crippen LogP contribution is -2.00. The van der Waals surface area contributed by atoms with Gasteiger partial charge in [-0.15, -0.1) is 0 Å². The number of para-hydroxylation sites is 1. The highest BCUT2D eigenvalue weighted by Gasteiger charge is 2.18. The minimum absolute atomic E-state index is 0.799. The summed E-state index contributed by atoms with van der Waals surface area (Å²) in [7, 11) is 1.37. The van der Waals surface area contributed by atoms with E-state index in [1.54, 1.807) is 0 Å². The Bertz CT molecular complexity index is 361. The van der Waals surface area contributed by atoms with Crippen LogP contribution >= 0.6 is 0 Å². The van der Waals surface area contributed by atoms with E-state index in [0.29, 0.717) is 0 Å². The molecule has 0 N–H and O–H groups in total. The van der Waals surface area contributed by atoms with Crippen LogP contribution in [0.4, 0.5) is 0 Å². The predicted molar refractivity (Wildman–Crippen MR) is 62.0 cm³/mol. The monoisotopic (exact) mass is 201 g/mol. The molecular formula is C12H14BO2. The zero-order valence-corrected chi connectivity index (χ0v) is 8.90. The molecule has 1 aromatic carbocycles. The van der Waals surface area contributed by atoms with Gasteiger partial charge in [-0.25, -0.2) is 0 Å². The van der Waals surface area contributed by atoms with Crippen LogP contribution in [0.25, 0.3) is 6.08 Å². The maximum Gasteiger partial charge on any atom is 0.658 e. The third-order valence-electron chi connectivity index (χ3n) is 2.37. The first kappa shape index (κ1) is 10.2. The fourth-order valence-electron chi connectivity index (χ4n) is 1.54. The van der Waals surface area contributed by atoms with Crippen LogP contribution in [0, 0.1) is 0 Å². The second kappa shape index (κ2) is 4.92. The third kappa shape index (κ3) is 2.35. The Morgan fingerprint density at radius 3 is 3.13 bits per heavy atom. The Morgan fingerprint density at radius 1 is 1.33 bits per heavy atom. The van der Waals surface area contributed by atoms with Gasteiger partial charge in [-0.3, -0.25) is 0 Å². The van der Waals surface area contributed by atoms with Gasteiger partial charge in [0.05, 0.1) is 0 Å². The lowest BCUT2D eigenvalue weighted by atomic mass is 10.1. The second-order valence-electron chi connectivity index (χ2n) is 3.55. The summed E-state index contributed by atoms with van der Waals surface area (Å²) in [6, 6.07) is 5.91. The zero-order chi connectivity index (χ0) is 10.5. The highest BCUT2D eigenvalue weighted by atomic mass is 16.6. The van der Waals surface area contributed by atoms with Crippen molar-refractivity contribution in [2.75, 3.05) is 0 Å². The van der Waals surface area contributed by atoms with Gasteiger partial charge in [0, 0.05) is 5.56 Å². The molecule has 3 heteroatoms. The normalized spacial score (nSPS) is 13.1. The number of unbranched alkanes of at least 4 members (excludes halogenated alkanes) is 2. The summed E-state index contributed by atoms with van der Waals surface area (Å²) in [6.45, 7) is 2.19. The summed E-state index contributed by atoms with van der Waals surface area (Å²) in [5, 5.41) is 0. The Hall–Kier alpha value is -1.38. The minimum atomic E-state index is 0.799. The van der Waals surface area contributed by atoms with E-state index >= 15 is 0 Å². The van der Waals surface area contributed by atoms with E-state index in [1.165, 1.54) is 20.5 Å². The van der Waals surface area contributed by atoms with Crippen molar-refractivity contribution in [2.24, 2.45) is 0 Å². The molecule has 0 saturated carbocycles. The topological polar surface area (TPSA) is 18.5 Å². The van der Waals surface area contributed by atoms with Crippen molar-refractivity contribution in [1.82, 2.24) is 0 Å². The molecule has 1 aliphatic heterocycles. The van der Waals surface area contributed by atoms with Gasteiger partial charge in [-0.2, -0.15) is 0 Å². The standard InChI is InChI=1S/C12H14BO2/c1-2-3-4-5-7-10-8-6-9-11-12(10)15-13-14-11/h5-9H,2-4H2,1H3. The first-order valence-corrected chi connectivity index (χ1v) is 5.36. The van der Waals surface area contributed by atoms with Crippen molar-refractivity contribution >= 4 is 13.8 Å². The van der Waals surface area contributed by atoms with Crippen molar-refractivity contribution in [3.63, 3.8) is 0 Å². The number of rotatable bonds is 4. The molecule has 0 atom stereocenters. The molecule has 0 amide bonds. The lowest BCUT2D eigenvalue weighted by molar-refractivity contribution is 0.541. The Kier molecular flexibility index (Phi) is 3.33. The van der Waals surface area contributed by atoms with Crippen LogP contribution in [0.5, 0.6) is 11.5 Å². The fourth-order valence-corrected chi connectivity index (χ4v) is 1.54. The smallest absolute Gasteiger partial charge is 0.524 e. The van der Waals surface area contributed by atoms with Crippen molar-refractivity contribution < 1.29 is 9.31 Å². The maximum atomic E-state index is 5.29. The lowest BCUT2D eigenvalue weighted by Gasteiger charge is -2.01. The summed E-state index contributed by atoms with van der Waals surface area (Å²) in [5.41, 5.74) is 1.08. The molecule has 2 nitrogen and oxygen atoms in total. The Balaban J connectivity index is 2.08. The molecule has 77 valence electrons. The fraction of sp³-hybridized carbons (Fsp3) is 0.333. The van der Waals surface area contributed by atoms with Crippen LogP contribution in [0.3, 0.4) is 0 Å². The summed E-state index contributed by atoms with van der Waals surface area (Å²) in [6.07, 6.45) is 7.85. The average Bonchev–Trinajstić information content (AvgIpc) is 2.73. The molecule has 15 heavy (non-hydrogen) atoms. The summed E-state index contributed by atoms with van der Waals surface area (Å²) < 4.78 is 10.5. The largest absolute Gasteiger partial charge is 0.658 e. The van der Waals surface area contributed by atoms with Gasteiger partial charge in [-0.1, -0.05) is 44.1 Å². The van der Waals surface area contributed by atoms with E-state index in [0.717, 1.165) is 23.5 Å². The van der Waals surface area contributed by atoms with E-state index < -0.39 is 0 Å². The van der Waals surface area contributed by atoms with Crippen LogP contribution in [-0.4, -0.2) is 7.69 Å². The number of allylic oxidation sites excluding steroid dienone is 1. The predicted octanol–water partition coefficient (Wildman–Crippen LogP) is 3.20. The SMILES string of the molecule is CCCCC=Cc1cccc2c1O[B]O2. The Labute approximate surface area is 91.2 Å². The molecule has 1 aromatic rings. The van der Waals surface area contributed by atoms with E-state index in [2.05, 4.69) is 19.1 Å². The van der Waals surface area contributed by atoms with E-state index in [-0.39, 0.29) is 0 Å². The molecule has 0 bridgehead atoms. The van der Waals surface area contributed by atoms with Crippen LogP contribution in [0.15, 0.2) is 24.3 Å². The van der Waals surface area contributed by atoms with E-state index in [4.69, 9.17) is 9.31 Å². The van der Waals surface area contributed by atoms with Gasteiger partial charge in [0.1, 0.15) is 11.5 Å². The molecule has 0 aromatic heterocycles. The molecule has 0 aliphatic carbocycles. The Morgan fingerprint density at radius 2 is 2.27 bits per heavy atom. The molecule has 0 unspecified atom stereocenters. The van der Waals surface area contributed by atoms with Crippen LogP contribution < -0.4 is 9.31 Å². The maximum absolute atomic E-state index is 5.29. The van der Waals surface area contributed by atoms with E-state index in [1.807, 2.05) is 18.2 Å². The summed E-state index contributed by atoms with van der Waals surface area (Å²) >= 11 is 0. The van der Waals surface area contributed by atoms with E-state index in [9.17, 15) is 0 Å². The number of benzene rings is 1. The van der Waals surface area contributed by atoms with Gasteiger partial charge in [0.25, 0.3) is 0 Å². The number of hydrogen-bond acceptors (Lipinski definition) is 2. The molecule has 1 aliphatic rings. The number of hydrogen-bond donors (Lipinski definition) is 0. The minimum Gasteiger partial charge on any atom is -0.524 e. The summed E-state index contributed by atoms with van der Waals surface area (Å²) in [5.74, 6) is 1.62. The molecular weight excluding hydrogens is 187 g/mol. The molecule has 1 heterocycles. The van der Waals surface area contributed by atoms with Gasteiger partial charge >= 0.3 is 7.69 Å². The molecule has 0 fully saturated rings. The van der Waals surface area contributed by atoms with Crippen molar-refractivity contribution in [3.05, 3.63) is 29.8 Å². The van der Waals surface area contributed by atoms with Crippen molar-refractivity contribution in [3.8, 4) is 11.5 Å². The van der Waals surface area contributed by atoms with Crippen molar-refractivity contribution in [1.29, 1.82) is 0 Å². The first-order valence-electron chi connectivity index (χ1n) is 5.36. The number of fused-ring (bicyclic) bond motifs is 1. The van der Waals surface area contributed by atoms with Gasteiger partial charge < -0.3 is 9.31 Å². The van der Waals surface area contributed by atoms with Crippen molar-refractivity contribution in [2.45, 2.75) is 26.2 Å². The second-order valence-corrected chi connectivity index (χ2v) is 3.55. The quantitative estimate of drug-likeness (QED) is 0.550. The highest BCUT2D eigenvalue weighted by molar-refractivity contribution is 6.23. The molecule has 1 radical (unpaired) electrons. The van der Waals surface area contributed by atoms with Crippen LogP contribution in [0.1, 0.15) is 31.7 Å². The van der Waals surface area contributed by atoms with Gasteiger partial charge in [0.2, 0.25) is 0 Å². The molecule has 2 rings (SSSR count).